The lowest BCUT2D eigenvalue weighted by molar-refractivity contribution is 0.463. The molecule has 0 radical (unpaired) electrons. The second-order valence-corrected chi connectivity index (χ2v) is 6.96. The van der Waals surface area contributed by atoms with E-state index >= 15 is 0 Å². The summed E-state index contributed by atoms with van der Waals surface area (Å²) in [7, 11) is 0. The van der Waals surface area contributed by atoms with E-state index in [2.05, 4.69) is 64.2 Å². The van der Waals surface area contributed by atoms with Crippen LogP contribution in [-0.4, -0.2) is 31.6 Å². The number of benzene rings is 1. The largest absolute Gasteiger partial charge is 0.363 e. The zero-order valence-corrected chi connectivity index (χ0v) is 17.8. The number of anilines is 1. The Hall–Kier alpha value is -1.28. The molecule has 4 nitrogen and oxygen atoms in total. The third-order valence-electron chi connectivity index (χ3n) is 4.26. The number of thiophene rings is 1. The summed E-state index contributed by atoms with van der Waals surface area (Å²) in [4.78, 5) is 7.21. The second kappa shape index (κ2) is 10.7. The predicted octanol–water partition coefficient (Wildman–Crippen LogP) is 4.09. The summed E-state index contributed by atoms with van der Waals surface area (Å²) >= 11 is 1.83. The lowest BCUT2D eigenvalue weighted by Crippen LogP contribution is -2.48. The summed E-state index contributed by atoms with van der Waals surface area (Å²) in [6, 6.07) is 15.2. The monoisotopic (exact) mass is 470 g/mol. The molecule has 6 heteroatoms. The molecule has 2 aromatic rings. The van der Waals surface area contributed by atoms with Crippen molar-refractivity contribution in [2.45, 2.75) is 32.4 Å². The molecule has 0 bridgehead atoms. The van der Waals surface area contributed by atoms with Gasteiger partial charge in [-0.05, 0) is 42.8 Å². The van der Waals surface area contributed by atoms with E-state index in [1.54, 1.807) is 0 Å². The van der Waals surface area contributed by atoms with E-state index in [1.165, 1.54) is 10.6 Å². The Morgan fingerprint density at radius 3 is 2.56 bits per heavy atom. The first-order chi connectivity index (χ1) is 11.8. The van der Waals surface area contributed by atoms with Crippen molar-refractivity contribution in [3.8, 4) is 0 Å². The SMILES string of the molecule is CCNC(=NCc1ccccc1)NC1CCN(c2cccs2)CC1.I. The molecule has 25 heavy (non-hydrogen) atoms. The highest BCUT2D eigenvalue weighted by Crippen LogP contribution is 2.24. The number of aliphatic imine (C=N–C) groups is 1. The molecule has 1 aliphatic rings. The van der Waals surface area contributed by atoms with Crippen LogP contribution in [0, 0.1) is 0 Å². The molecule has 136 valence electrons. The highest BCUT2D eigenvalue weighted by atomic mass is 127. The summed E-state index contributed by atoms with van der Waals surface area (Å²) in [5, 5.41) is 10.5. The summed E-state index contributed by atoms with van der Waals surface area (Å²) in [5.74, 6) is 0.927. The van der Waals surface area contributed by atoms with E-state index in [1.807, 2.05) is 17.4 Å². The Morgan fingerprint density at radius 1 is 1.16 bits per heavy atom. The molecule has 0 aliphatic carbocycles. The Bertz CT molecular complexity index is 622. The van der Waals surface area contributed by atoms with Crippen LogP contribution >= 0.6 is 35.3 Å². The summed E-state index contributed by atoms with van der Waals surface area (Å²) < 4.78 is 0. The molecule has 3 rings (SSSR count). The van der Waals surface area contributed by atoms with Crippen LogP contribution in [0.1, 0.15) is 25.3 Å². The minimum Gasteiger partial charge on any atom is -0.363 e. The van der Waals surface area contributed by atoms with Gasteiger partial charge in [-0.15, -0.1) is 35.3 Å². The van der Waals surface area contributed by atoms with Gasteiger partial charge in [0.2, 0.25) is 0 Å². The molecule has 0 saturated carbocycles. The molecular weight excluding hydrogens is 443 g/mol. The molecule has 0 amide bonds. The number of piperidine rings is 1. The molecule has 0 unspecified atom stereocenters. The first-order valence-corrected chi connectivity index (χ1v) is 9.60. The van der Waals surface area contributed by atoms with Gasteiger partial charge >= 0.3 is 0 Å². The molecule has 1 fully saturated rings. The molecule has 1 aromatic heterocycles. The molecule has 2 heterocycles. The van der Waals surface area contributed by atoms with Crippen molar-refractivity contribution >= 4 is 46.3 Å². The number of nitrogens with zero attached hydrogens (tertiary/aromatic N) is 2. The van der Waals surface area contributed by atoms with Crippen molar-refractivity contribution in [3.63, 3.8) is 0 Å². The minimum atomic E-state index is 0. The van der Waals surface area contributed by atoms with Gasteiger partial charge in [-0.3, -0.25) is 0 Å². The van der Waals surface area contributed by atoms with Crippen molar-refractivity contribution in [2.24, 2.45) is 4.99 Å². The van der Waals surface area contributed by atoms with E-state index in [9.17, 15) is 0 Å². The third-order valence-corrected chi connectivity index (χ3v) is 5.19. The molecule has 1 saturated heterocycles. The standard InChI is InChI=1S/C19H26N4S.HI/c1-2-20-19(21-15-16-7-4-3-5-8-16)22-17-10-12-23(13-11-17)18-9-6-14-24-18;/h3-9,14,17H,2,10-13,15H2,1H3,(H2,20,21,22);1H. The van der Waals surface area contributed by atoms with Gasteiger partial charge in [0.05, 0.1) is 11.5 Å². The lowest BCUT2D eigenvalue weighted by atomic mass is 10.1. The fourth-order valence-corrected chi connectivity index (χ4v) is 3.75. The van der Waals surface area contributed by atoms with Crippen molar-refractivity contribution in [1.29, 1.82) is 0 Å². The Balaban J connectivity index is 0.00000225. The van der Waals surface area contributed by atoms with Crippen LogP contribution in [-0.2, 0) is 6.54 Å². The van der Waals surface area contributed by atoms with E-state index in [-0.39, 0.29) is 24.0 Å². The lowest BCUT2D eigenvalue weighted by Gasteiger charge is -2.33. The normalized spacial score (nSPS) is 15.6. The van der Waals surface area contributed by atoms with Crippen molar-refractivity contribution in [3.05, 3.63) is 53.4 Å². The van der Waals surface area contributed by atoms with E-state index in [0.717, 1.165) is 38.4 Å². The van der Waals surface area contributed by atoms with Crippen LogP contribution in [0.25, 0.3) is 0 Å². The fourth-order valence-electron chi connectivity index (χ4n) is 2.96. The van der Waals surface area contributed by atoms with Gasteiger partial charge in [0.15, 0.2) is 5.96 Å². The first-order valence-electron chi connectivity index (χ1n) is 8.72. The van der Waals surface area contributed by atoms with Crippen molar-refractivity contribution < 1.29 is 0 Å². The van der Waals surface area contributed by atoms with Crippen LogP contribution in [0.3, 0.4) is 0 Å². The number of halogens is 1. The maximum atomic E-state index is 4.73. The smallest absolute Gasteiger partial charge is 0.191 e. The maximum Gasteiger partial charge on any atom is 0.191 e. The average Bonchev–Trinajstić information content (AvgIpc) is 3.16. The van der Waals surface area contributed by atoms with Gasteiger partial charge in [0, 0.05) is 25.7 Å². The van der Waals surface area contributed by atoms with Gasteiger partial charge < -0.3 is 15.5 Å². The first kappa shape index (κ1) is 20.0. The van der Waals surface area contributed by atoms with Gasteiger partial charge in [-0.1, -0.05) is 30.3 Å². The quantitative estimate of drug-likeness (QED) is 0.393. The number of hydrogen-bond donors (Lipinski definition) is 2. The van der Waals surface area contributed by atoms with Crippen LogP contribution in [0.4, 0.5) is 5.00 Å². The van der Waals surface area contributed by atoms with Gasteiger partial charge in [0.1, 0.15) is 0 Å². The zero-order chi connectivity index (χ0) is 16.6. The van der Waals surface area contributed by atoms with Crippen LogP contribution < -0.4 is 15.5 Å². The molecule has 2 N–H and O–H groups in total. The van der Waals surface area contributed by atoms with Gasteiger partial charge in [-0.2, -0.15) is 0 Å². The average molecular weight is 470 g/mol. The molecule has 1 aliphatic heterocycles. The zero-order valence-electron chi connectivity index (χ0n) is 14.6. The van der Waals surface area contributed by atoms with E-state index in [4.69, 9.17) is 4.99 Å². The van der Waals surface area contributed by atoms with Crippen LogP contribution in [0.15, 0.2) is 52.8 Å². The Morgan fingerprint density at radius 2 is 1.92 bits per heavy atom. The summed E-state index contributed by atoms with van der Waals surface area (Å²) in [6.45, 7) is 5.92. The predicted molar refractivity (Wildman–Crippen MR) is 119 cm³/mol. The third kappa shape index (κ3) is 6.18. The highest BCUT2D eigenvalue weighted by Gasteiger charge is 2.20. The molecule has 0 spiro atoms. The molecule has 1 aromatic carbocycles. The summed E-state index contributed by atoms with van der Waals surface area (Å²) in [6.07, 6.45) is 2.29. The van der Waals surface area contributed by atoms with Crippen LogP contribution in [0.2, 0.25) is 0 Å². The van der Waals surface area contributed by atoms with Crippen LogP contribution in [0.5, 0.6) is 0 Å². The fraction of sp³-hybridized carbons (Fsp3) is 0.421. The van der Waals surface area contributed by atoms with Gasteiger partial charge in [0.25, 0.3) is 0 Å². The summed E-state index contributed by atoms with van der Waals surface area (Å²) in [5.41, 5.74) is 1.24. The topological polar surface area (TPSA) is 39.7 Å². The number of rotatable bonds is 5. The number of nitrogens with one attached hydrogen (secondary N) is 2. The highest BCUT2D eigenvalue weighted by molar-refractivity contribution is 14.0. The maximum absolute atomic E-state index is 4.73. The Kier molecular flexibility index (Phi) is 8.54. The number of guanidine groups is 1. The van der Waals surface area contributed by atoms with E-state index < -0.39 is 0 Å². The molecule has 0 atom stereocenters. The minimum absolute atomic E-state index is 0. The van der Waals surface area contributed by atoms with Crippen molar-refractivity contribution in [2.75, 3.05) is 24.5 Å². The molecular formula is C19H27IN4S. The van der Waals surface area contributed by atoms with E-state index in [0.29, 0.717) is 12.6 Å². The Labute approximate surface area is 171 Å². The van der Waals surface area contributed by atoms with Crippen molar-refractivity contribution in [1.82, 2.24) is 10.6 Å². The number of hydrogen-bond acceptors (Lipinski definition) is 3. The second-order valence-electron chi connectivity index (χ2n) is 6.04. The van der Waals surface area contributed by atoms with Gasteiger partial charge in [-0.25, -0.2) is 4.99 Å².